The Morgan fingerprint density at radius 2 is 2.21 bits per heavy atom. The van der Waals surface area contributed by atoms with Gasteiger partial charge in [-0.15, -0.1) is 0 Å². The second-order valence-electron chi connectivity index (χ2n) is 3.73. The lowest BCUT2D eigenvalue weighted by Gasteiger charge is -2.26. The highest BCUT2D eigenvalue weighted by molar-refractivity contribution is 7.99. The van der Waals surface area contributed by atoms with Gasteiger partial charge in [0, 0.05) is 6.04 Å². The van der Waals surface area contributed by atoms with Gasteiger partial charge in [-0.3, -0.25) is 4.79 Å². The minimum atomic E-state index is -0.704. The summed E-state index contributed by atoms with van der Waals surface area (Å²) in [5.74, 6) is 1.62. The Morgan fingerprint density at radius 3 is 2.71 bits per heavy atom. The first-order valence-corrected chi connectivity index (χ1v) is 6.46. The van der Waals surface area contributed by atoms with Crippen molar-refractivity contribution in [1.82, 2.24) is 5.32 Å². The molecule has 1 aliphatic heterocycles. The summed E-state index contributed by atoms with van der Waals surface area (Å²) in [5, 5.41) is 12.2. The highest BCUT2D eigenvalue weighted by Gasteiger charge is 2.21. The Balaban J connectivity index is 2.33. The number of nitrogens with one attached hydrogen (secondary N) is 1. The van der Waals surface area contributed by atoms with Crippen molar-refractivity contribution < 1.29 is 9.90 Å². The second-order valence-corrected chi connectivity index (χ2v) is 4.96. The van der Waals surface area contributed by atoms with E-state index < -0.39 is 5.97 Å². The van der Waals surface area contributed by atoms with Gasteiger partial charge in [0.05, 0.1) is 0 Å². The van der Waals surface area contributed by atoms with Gasteiger partial charge >= 0.3 is 5.97 Å². The quantitative estimate of drug-likeness (QED) is 0.736. The summed E-state index contributed by atoms with van der Waals surface area (Å²) in [7, 11) is 0. The van der Waals surface area contributed by atoms with Crippen LogP contribution in [0.1, 0.15) is 32.6 Å². The number of carbonyl (C=O) groups is 1. The van der Waals surface area contributed by atoms with E-state index >= 15 is 0 Å². The van der Waals surface area contributed by atoms with Gasteiger partial charge in [0.1, 0.15) is 6.04 Å². The van der Waals surface area contributed by atoms with Gasteiger partial charge in [-0.05, 0) is 30.8 Å². The molecule has 0 radical (unpaired) electrons. The molecule has 1 aliphatic rings. The fraction of sp³-hybridized carbons (Fsp3) is 0.900. The highest BCUT2D eigenvalue weighted by atomic mass is 32.2. The molecule has 0 amide bonds. The van der Waals surface area contributed by atoms with Gasteiger partial charge in [-0.2, -0.15) is 11.8 Å². The Bertz CT molecular complexity index is 181. The molecule has 4 heteroatoms. The number of rotatable bonds is 5. The molecule has 14 heavy (non-hydrogen) atoms. The number of hydrogen-bond donors (Lipinski definition) is 2. The van der Waals surface area contributed by atoms with E-state index in [0.29, 0.717) is 6.04 Å². The molecule has 1 unspecified atom stereocenters. The summed E-state index contributed by atoms with van der Waals surface area (Å²) in [6, 6.07) is 0.0806. The topological polar surface area (TPSA) is 49.3 Å². The normalized spacial score (nSPS) is 20.6. The molecule has 2 N–H and O–H groups in total. The molecule has 3 nitrogen and oxygen atoms in total. The minimum Gasteiger partial charge on any atom is -0.480 e. The largest absolute Gasteiger partial charge is 0.480 e. The maximum atomic E-state index is 10.9. The van der Waals surface area contributed by atoms with E-state index in [-0.39, 0.29) is 6.04 Å². The van der Waals surface area contributed by atoms with Crippen molar-refractivity contribution in [1.29, 1.82) is 0 Å². The SMILES string of the molecule is CCCC(NC1CCSCC1)C(=O)O. The number of carboxylic acids is 1. The van der Waals surface area contributed by atoms with Crippen molar-refractivity contribution >= 4 is 17.7 Å². The summed E-state index contributed by atoms with van der Waals surface area (Å²) in [6.07, 6.45) is 3.88. The van der Waals surface area contributed by atoms with Crippen LogP contribution >= 0.6 is 11.8 Å². The van der Waals surface area contributed by atoms with E-state index in [9.17, 15) is 4.79 Å². The molecular weight excluding hydrogens is 198 g/mol. The molecule has 1 heterocycles. The molecule has 82 valence electrons. The lowest BCUT2D eigenvalue weighted by atomic mass is 10.1. The molecule has 0 aromatic heterocycles. The van der Waals surface area contributed by atoms with Crippen molar-refractivity contribution in [2.24, 2.45) is 0 Å². The van der Waals surface area contributed by atoms with Crippen molar-refractivity contribution in [3.8, 4) is 0 Å². The van der Waals surface area contributed by atoms with Gasteiger partial charge in [-0.25, -0.2) is 0 Å². The van der Waals surface area contributed by atoms with Crippen molar-refractivity contribution in [2.45, 2.75) is 44.7 Å². The Morgan fingerprint density at radius 1 is 1.57 bits per heavy atom. The summed E-state index contributed by atoms with van der Waals surface area (Å²) >= 11 is 1.96. The van der Waals surface area contributed by atoms with Crippen LogP contribution in [0.2, 0.25) is 0 Å². The molecule has 0 bridgehead atoms. The summed E-state index contributed by atoms with van der Waals surface area (Å²) < 4.78 is 0. The van der Waals surface area contributed by atoms with Gasteiger partial charge in [0.25, 0.3) is 0 Å². The van der Waals surface area contributed by atoms with E-state index in [1.165, 1.54) is 0 Å². The molecule has 1 saturated heterocycles. The van der Waals surface area contributed by atoms with Crippen LogP contribution in [0.4, 0.5) is 0 Å². The van der Waals surface area contributed by atoms with Crippen LogP contribution in [-0.4, -0.2) is 34.7 Å². The first kappa shape index (κ1) is 11.9. The lowest BCUT2D eigenvalue weighted by molar-refractivity contribution is -0.139. The van der Waals surface area contributed by atoms with Gasteiger partial charge in [-0.1, -0.05) is 13.3 Å². The first-order valence-electron chi connectivity index (χ1n) is 5.30. The van der Waals surface area contributed by atoms with Crippen LogP contribution in [0, 0.1) is 0 Å². The fourth-order valence-electron chi connectivity index (χ4n) is 1.72. The van der Waals surface area contributed by atoms with Gasteiger partial charge in [0.2, 0.25) is 0 Å². The zero-order valence-electron chi connectivity index (χ0n) is 8.66. The third-order valence-electron chi connectivity index (χ3n) is 2.53. The predicted molar refractivity (Wildman–Crippen MR) is 59.8 cm³/mol. The van der Waals surface area contributed by atoms with Crippen LogP contribution in [-0.2, 0) is 4.79 Å². The Labute approximate surface area is 89.6 Å². The molecule has 0 aromatic rings. The molecule has 0 saturated carbocycles. The minimum absolute atomic E-state index is 0.340. The fourth-order valence-corrected chi connectivity index (χ4v) is 2.82. The maximum Gasteiger partial charge on any atom is 0.320 e. The maximum absolute atomic E-state index is 10.9. The number of thioether (sulfide) groups is 1. The Kier molecular flexibility index (Phi) is 5.33. The molecule has 0 spiro atoms. The van der Waals surface area contributed by atoms with Crippen molar-refractivity contribution in [3.05, 3.63) is 0 Å². The first-order chi connectivity index (χ1) is 6.74. The smallest absolute Gasteiger partial charge is 0.320 e. The second kappa shape index (κ2) is 6.30. The van der Waals surface area contributed by atoms with Gasteiger partial charge in [0.15, 0.2) is 0 Å². The van der Waals surface area contributed by atoms with Gasteiger partial charge < -0.3 is 10.4 Å². The standard InChI is InChI=1S/C10H19NO2S/c1-2-3-9(10(12)13)11-8-4-6-14-7-5-8/h8-9,11H,2-7H2,1H3,(H,12,13). The van der Waals surface area contributed by atoms with Crippen LogP contribution < -0.4 is 5.32 Å². The lowest BCUT2D eigenvalue weighted by Crippen LogP contribution is -2.44. The van der Waals surface area contributed by atoms with E-state index in [1.54, 1.807) is 0 Å². The van der Waals surface area contributed by atoms with Crippen LogP contribution in [0.25, 0.3) is 0 Å². The third kappa shape index (κ3) is 3.88. The summed E-state index contributed by atoms with van der Waals surface area (Å²) in [5.41, 5.74) is 0. The molecule has 1 fully saturated rings. The summed E-state index contributed by atoms with van der Waals surface area (Å²) in [4.78, 5) is 10.9. The zero-order valence-corrected chi connectivity index (χ0v) is 9.48. The highest BCUT2D eigenvalue weighted by Crippen LogP contribution is 2.17. The van der Waals surface area contributed by atoms with Crippen LogP contribution in [0.15, 0.2) is 0 Å². The van der Waals surface area contributed by atoms with E-state index in [1.807, 2.05) is 18.7 Å². The molecule has 0 aromatic carbocycles. The molecule has 1 atom stereocenters. The summed E-state index contributed by atoms with van der Waals surface area (Å²) in [6.45, 7) is 2.02. The van der Waals surface area contributed by atoms with Crippen LogP contribution in [0.3, 0.4) is 0 Å². The average molecular weight is 217 g/mol. The number of aliphatic carboxylic acids is 1. The number of hydrogen-bond acceptors (Lipinski definition) is 3. The van der Waals surface area contributed by atoms with Crippen LogP contribution in [0.5, 0.6) is 0 Å². The molecular formula is C10H19NO2S. The monoisotopic (exact) mass is 217 g/mol. The van der Waals surface area contributed by atoms with Crippen molar-refractivity contribution in [2.75, 3.05) is 11.5 Å². The average Bonchev–Trinajstić information content (AvgIpc) is 2.18. The molecule has 1 rings (SSSR count). The predicted octanol–water partition coefficient (Wildman–Crippen LogP) is 1.72. The van der Waals surface area contributed by atoms with E-state index in [0.717, 1.165) is 37.2 Å². The van der Waals surface area contributed by atoms with Crippen molar-refractivity contribution in [3.63, 3.8) is 0 Å². The van der Waals surface area contributed by atoms with E-state index in [4.69, 9.17) is 5.11 Å². The third-order valence-corrected chi connectivity index (χ3v) is 3.58. The number of carboxylic acid groups (broad SMARTS) is 1. The zero-order chi connectivity index (χ0) is 10.4. The van der Waals surface area contributed by atoms with E-state index in [2.05, 4.69) is 5.32 Å². The Hall–Kier alpha value is -0.220. The molecule has 0 aliphatic carbocycles.